The number of benzene rings is 2. The molecule has 2 aromatic rings. The number of sulfone groups is 1. The molecule has 0 radical (unpaired) electrons. The van der Waals surface area contributed by atoms with Crippen LogP contribution in [0.1, 0.15) is 46.0 Å². The van der Waals surface area contributed by atoms with E-state index in [-0.39, 0.29) is 33.0 Å². The topological polar surface area (TPSA) is 109 Å². The standard InChI is InChI=1S/C20H17NO6S/c1-20(19(24)25)9-4-10-21(20)18(23)12-7-8-14-16(11-12)28(26,27)15-6-3-2-5-13(15)17(14)22/h2-3,5-8,11H,4,9-10H2,1H3,(H,24,25). The van der Waals surface area contributed by atoms with E-state index >= 15 is 0 Å². The molecule has 2 aliphatic rings. The van der Waals surface area contributed by atoms with Crippen molar-refractivity contribution in [2.45, 2.75) is 35.1 Å². The first-order chi connectivity index (χ1) is 13.2. The molecule has 8 heteroatoms. The summed E-state index contributed by atoms with van der Waals surface area (Å²) in [7, 11) is -3.97. The first kappa shape index (κ1) is 18.4. The van der Waals surface area contributed by atoms with Gasteiger partial charge >= 0.3 is 5.97 Å². The van der Waals surface area contributed by atoms with Crippen molar-refractivity contribution in [3.63, 3.8) is 0 Å². The molecular weight excluding hydrogens is 382 g/mol. The maximum atomic E-state index is 13.0. The number of amides is 1. The second-order valence-electron chi connectivity index (χ2n) is 7.18. The molecule has 144 valence electrons. The number of nitrogens with zero attached hydrogens (tertiary/aromatic N) is 1. The Bertz CT molecular complexity index is 1150. The number of ketones is 1. The van der Waals surface area contributed by atoms with E-state index in [4.69, 9.17) is 0 Å². The highest BCUT2D eigenvalue weighted by molar-refractivity contribution is 7.91. The molecule has 2 heterocycles. The molecule has 1 saturated heterocycles. The third-order valence-corrected chi connectivity index (χ3v) is 7.38. The lowest BCUT2D eigenvalue weighted by Crippen LogP contribution is -2.50. The zero-order chi connectivity index (χ0) is 20.3. The lowest BCUT2D eigenvalue weighted by molar-refractivity contribution is -0.147. The molecule has 1 amide bonds. The Morgan fingerprint density at radius 1 is 1.07 bits per heavy atom. The Labute approximate surface area is 161 Å². The summed E-state index contributed by atoms with van der Waals surface area (Å²) in [5, 5.41) is 9.52. The number of carbonyl (C=O) groups is 3. The predicted octanol–water partition coefficient (Wildman–Crippen LogP) is 2.14. The minimum absolute atomic E-state index is 0.0117. The van der Waals surface area contributed by atoms with Gasteiger partial charge in [0.2, 0.25) is 9.84 Å². The molecule has 0 spiro atoms. The summed E-state index contributed by atoms with van der Waals surface area (Å²) in [6.45, 7) is 1.75. The lowest BCUT2D eigenvalue weighted by atomic mass is 9.97. The van der Waals surface area contributed by atoms with Gasteiger partial charge in [0.25, 0.3) is 5.91 Å². The third kappa shape index (κ3) is 2.41. The highest BCUT2D eigenvalue weighted by Crippen LogP contribution is 2.36. The van der Waals surface area contributed by atoms with Crippen LogP contribution in [0.3, 0.4) is 0 Å². The second-order valence-corrected chi connectivity index (χ2v) is 9.07. The Morgan fingerprint density at radius 3 is 2.46 bits per heavy atom. The van der Waals surface area contributed by atoms with E-state index in [9.17, 15) is 27.9 Å². The average molecular weight is 399 g/mol. The SMILES string of the molecule is CC1(C(=O)O)CCCN1C(=O)c1ccc2c(c1)S(=O)(=O)c1ccccc1C2=O. The van der Waals surface area contributed by atoms with Crippen molar-refractivity contribution in [1.29, 1.82) is 0 Å². The lowest BCUT2D eigenvalue weighted by Gasteiger charge is -2.31. The zero-order valence-corrected chi connectivity index (χ0v) is 15.8. The fourth-order valence-corrected chi connectivity index (χ4v) is 5.56. The second kappa shape index (κ2) is 6.00. The molecule has 4 rings (SSSR count). The van der Waals surface area contributed by atoms with E-state index in [1.165, 1.54) is 48.2 Å². The summed E-state index contributed by atoms with van der Waals surface area (Å²) < 4.78 is 26.0. The number of rotatable bonds is 2. The van der Waals surface area contributed by atoms with E-state index in [0.717, 1.165) is 0 Å². The number of likely N-dealkylation sites (tertiary alicyclic amines) is 1. The van der Waals surface area contributed by atoms with Crippen LogP contribution in [-0.2, 0) is 14.6 Å². The Morgan fingerprint density at radius 2 is 1.75 bits per heavy atom. The Hall–Kier alpha value is -3.00. The van der Waals surface area contributed by atoms with Crippen LogP contribution >= 0.6 is 0 Å². The summed E-state index contributed by atoms with van der Waals surface area (Å²) >= 11 is 0. The van der Waals surface area contributed by atoms with E-state index in [1.807, 2.05) is 0 Å². The van der Waals surface area contributed by atoms with Gasteiger partial charge < -0.3 is 10.0 Å². The molecule has 7 nitrogen and oxygen atoms in total. The van der Waals surface area contributed by atoms with Crippen LogP contribution in [0, 0.1) is 0 Å². The maximum Gasteiger partial charge on any atom is 0.329 e. The van der Waals surface area contributed by atoms with Gasteiger partial charge in [0.1, 0.15) is 5.54 Å². The molecule has 0 aliphatic carbocycles. The molecule has 2 aromatic carbocycles. The van der Waals surface area contributed by atoms with E-state index in [2.05, 4.69) is 0 Å². The van der Waals surface area contributed by atoms with Crippen LogP contribution in [0.5, 0.6) is 0 Å². The fourth-order valence-electron chi connectivity index (χ4n) is 3.88. The smallest absolute Gasteiger partial charge is 0.329 e. The van der Waals surface area contributed by atoms with Crippen molar-refractivity contribution in [3.8, 4) is 0 Å². The number of hydrogen-bond acceptors (Lipinski definition) is 5. The number of carbonyl (C=O) groups excluding carboxylic acids is 2. The first-order valence-electron chi connectivity index (χ1n) is 8.76. The van der Waals surface area contributed by atoms with Crippen molar-refractivity contribution >= 4 is 27.5 Å². The van der Waals surface area contributed by atoms with Gasteiger partial charge in [-0.05, 0) is 50.1 Å². The van der Waals surface area contributed by atoms with Gasteiger partial charge in [-0.15, -0.1) is 0 Å². The van der Waals surface area contributed by atoms with Crippen molar-refractivity contribution in [2.24, 2.45) is 0 Å². The summed E-state index contributed by atoms with van der Waals surface area (Å²) in [6, 6.07) is 9.83. The molecule has 1 unspecified atom stereocenters. The molecule has 0 aromatic heterocycles. The van der Waals surface area contributed by atoms with E-state index in [0.29, 0.717) is 12.8 Å². The average Bonchev–Trinajstić information content (AvgIpc) is 3.08. The summed E-state index contributed by atoms with van der Waals surface area (Å²) in [6.07, 6.45) is 0.868. The van der Waals surface area contributed by atoms with E-state index in [1.54, 1.807) is 6.07 Å². The van der Waals surface area contributed by atoms with Crippen LogP contribution in [0.4, 0.5) is 0 Å². The molecule has 0 saturated carbocycles. The van der Waals surface area contributed by atoms with Crippen molar-refractivity contribution in [3.05, 3.63) is 59.2 Å². The monoisotopic (exact) mass is 399 g/mol. The molecule has 1 atom stereocenters. The maximum absolute atomic E-state index is 13.0. The van der Waals surface area contributed by atoms with Gasteiger partial charge in [-0.25, -0.2) is 13.2 Å². The minimum Gasteiger partial charge on any atom is -0.480 e. The van der Waals surface area contributed by atoms with Gasteiger partial charge in [-0.1, -0.05) is 12.1 Å². The number of hydrogen-bond donors (Lipinski definition) is 1. The van der Waals surface area contributed by atoms with Crippen molar-refractivity contribution in [2.75, 3.05) is 6.54 Å². The number of fused-ring (bicyclic) bond motifs is 2. The van der Waals surface area contributed by atoms with Crippen LogP contribution < -0.4 is 0 Å². The Balaban J connectivity index is 1.82. The predicted molar refractivity (Wildman–Crippen MR) is 98.1 cm³/mol. The van der Waals surface area contributed by atoms with Crippen molar-refractivity contribution in [1.82, 2.24) is 4.90 Å². The van der Waals surface area contributed by atoms with Crippen LogP contribution in [-0.4, -0.2) is 48.2 Å². The first-order valence-corrected chi connectivity index (χ1v) is 10.2. The summed E-state index contributed by atoms with van der Waals surface area (Å²) in [5.74, 6) is -2.09. The number of carboxylic acids is 1. The van der Waals surface area contributed by atoms with Gasteiger partial charge in [-0.3, -0.25) is 9.59 Å². The fraction of sp³-hybridized carbons (Fsp3) is 0.250. The largest absolute Gasteiger partial charge is 0.480 e. The number of carboxylic acid groups (broad SMARTS) is 1. The summed E-state index contributed by atoms with van der Waals surface area (Å²) in [5.41, 5.74) is -1.18. The number of aliphatic carboxylic acids is 1. The molecular formula is C20H17NO6S. The minimum atomic E-state index is -3.97. The molecule has 28 heavy (non-hydrogen) atoms. The molecule has 2 aliphatic heterocycles. The van der Waals surface area contributed by atoms with Gasteiger partial charge in [0, 0.05) is 23.2 Å². The molecule has 1 N–H and O–H groups in total. The van der Waals surface area contributed by atoms with Gasteiger partial charge in [0.05, 0.1) is 9.79 Å². The summed E-state index contributed by atoms with van der Waals surface area (Å²) in [4.78, 5) is 38.3. The third-order valence-electron chi connectivity index (χ3n) is 5.53. The highest BCUT2D eigenvalue weighted by atomic mass is 32.2. The quantitative estimate of drug-likeness (QED) is 0.707. The normalized spacial score (nSPS) is 22.5. The zero-order valence-electron chi connectivity index (χ0n) is 15.0. The van der Waals surface area contributed by atoms with Crippen LogP contribution in [0.15, 0.2) is 52.3 Å². The van der Waals surface area contributed by atoms with Gasteiger partial charge in [0.15, 0.2) is 5.78 Å². The molecule has 1 fully saturated rings. The van der Waals surface area contributed by atoms with Crippen molar-refractivity contribution < 1.29 is 27.9 Å². The van der Waals surface area contributed by atoms with Crippen LogP contribution in [0.25, 0.3) is 0 Å². The van der Waals surface area contributed by atoms with Crippen LogP contribution in [0.2, 0.25) is 0 Å². The van der Waals surface area contributed by atoms with Gasteiger partial charge in [-0.2, -0.15) is 0 Å². The Kier molecular flexibility index (Phi) is 3.94. The highest BCUT2D eigenvalue weighted by Gasteiger charge is 2.46. The molecule has 0 bridgehead atoms. The van der Waals surface area contributed by atoms with E-state index < -0.39 is 33.0 Å².